The molecule has 98 valence electrons. The number of likely N-dealkylation sites (tertiary alicyclic amines) is 1. The van der Waals surface area contributed by atoms with E-state index in [-0.39, 0.29) is 12.3 Å². The first kappa shape index (κ1) is 13.9. The van der Waals surface area contributed by atoms with Gasteiger partial charge in [0.25, 0.3) is 0 Å². The zero-order valence-corrected chi connectivity index (χ0v) is 10.2. The van der Waals surface area contributed by atoms with E-state index in [0.717, 1.165) is 19.4 Å². The summed E-state index contributed by atoms with van der Waals surface area (Å²) in [6, 6.07) is -0.800. The van der Waals surface area contributed by atoms with Gasteiger partial charge in [-0.1, -0.05) is 0 Å². The van der Waals surface area contributed by atoms with Gasteiger partial charge in [0, 0.05) is 26.8 Å². The normalized spacial score (nSPS) is 19.1. The summed E-state index contributed by atoms with van der Waals surface area (Å²) in [6.45, 7) is 2.09. The van der Waals surface area contributed by atoms with Crippen LogP contribution in [0.5, 0.6) is 0 Å². The van der Waals surface area contributed by atoms with Crippen LogP contribution in [-0.4, -0.2) is 49.6 Å². The molecule has 0 aromatic carbocycles. The molecule has 0 aromatic heterocycles. The predicted molar refractivity (Wildman–Crippen MR) is 63.0 cm³/mol. The van der Waals surface area contributed by atoms with Crippen molar-refractivity contribution in [2.75, 3.05) is 26.8 Å². The van der Waals surface area contributed by atoms with Crippen molar-refractivity contribution in [3.05, 3.63) is 0 Å². The van der Waals surface area contributed by atoms with Gasteiger partial charge in [0.05, 0.1) is 12.5 Å². The average molecular weight is 243 g/mol. The molecule has 2 amide bonds. The Hall–Kier alpha value is -1.14. The topological polar surface area (TPSA) is 98.7 Å². The number of carbonyl (C=O) groups is 2. The highest BCUT2D eigenvalue weighted by Crippen LogP contribution is 2.17. The summed E-state index contributed by atoms with van der Waals surface area (Å²) in [5, 5.41) is 0. The maximum absolute atomic E-state index is 11.9. The maximum atomic E-state index is 11.9. The first-order valence-corrected chi connectivity index (χ1v) is 5.86. The van der Waals surface area contributed by atoms with Crippen molar-refractivity contribution >= 4 is 11.8 Å². The van der Waals surface area contributed by atoms with Crippen LogP contribution in [0.1, 0.15) is 19.3 Å². The fourth-order valence-corrected chi connectivity index (χ4v) is 2.09. The lowest BCUT2D eigenvalue weighted by molar-refractivity contribution is -0.136. The van der Waals surface area contributed by atoms with Crippen LogP contribution in [0.15, 0.2) is 0 Å². The van der Waals surface area contributed by atoms with Crippen LogP contribution in [0.4, 0.5) is 0 Å². The molecule has 0 aromatic rings. The van der Waals surface area contributed by atoms with Crippen molar-refractivity contribution in [1.82, 2.24) is 4.90 Å². The predicted octanol–water partition coefficient (Wildman–Crippen LogP) is -0.926. The van der Waals surface area contributed by atoms with Gasteiger partial charge in [0.15, 0.2) is 0 Å². The van der Waals surface area contributed by atoms with Crippen LogP contribution in [0, 0.1) is 5.92 Å². The van der Waals surface area contributed by atoms with Crippen LogP contribution in [0.3, 0.4) is 0 Å². The van der Waals surface area contributed by atoms with E-state index in [0.29, 0.717) is 19.0 Å². The van der Waals surface area contributed by atoms with Gasteiger partial charge in [-0.3, -0.25) is 9.59 Å². The SMILES string of the molecule is COCC1CCN(C(=O)C(N)CC(N)=O)CC1. The standard InChI is InChI=1S/C11H21N3O3/c1-17-7-8-2-4-14(5-3-8)11(16)9(12)6-10(13)15/h8-9H,2-7,12H2,1H3,(H2,13,15). The van der Waals surface area contributed by atoms with E-state index in [1.54, 1.807) is 12.0 Å². The zero-order valence-electron chi connectivity index (χ0n) is 10.2. The van der Waals surface area contributed by atoms with Crippen molar-refractivity contribution in [2.24, 2.45) is 17.4 Å². The van der Waals surface area contributed by atoms with Gasteiger partial charge in [-0.05, 0) is 18.8 Å². The molecule has 0 spiro atoms. The highest BCUT2D eigenvalue weighted by molar-refractivity contribution is 5.87. The van der Waals surface area contributed by atoms with E-state index < -0.39 is 11.9 Å². The monoisotopic (exact) mass is 243 g/mol. The first-order chi connectivity index (χ1) is 8.04. The largest absolute Gasteiger partial charge is 0.384 e. The van der Waals surface area contributed by atoms with E-state index in [1.165, 1.54) is 0 Å². The van der Waals surface area contributed by atoms with Crippen LogP contribution < -0.4 is 11.5 Å². The molecule has 1 saturated heterocycles. The van der Waals surface area contributed by atoms with Crippen molar-refractivity contribution < 1.29 is 14.3 Å². The number of primary amides is 1. The van der Waals surface area contributed by atoms with Crippen LogP contribution in [0.25, 0.3) is 0 Å². The Morgan fingerprint density at radius 2 is 2.00 bits per heavy atom. The summed E-state index contributed by atoms with van der Waals surface area (Å²) in [7, 11) is 1.68. The number of piperidine rings is 1. The van der Waals surface area contributed by atoms with Gasteiger partial charge in [0.1, 0.15) is 0 Å². The van der Waals surface area contributed by atoms with Crippen LogP contribution in [0.2, 0.25) is 0 Å². The summed E-state index contributed by atoms with van der Waals surface area (Å²) < 4.78 is 5.09. The second-order valence-electron chi connectivity index (χ2n) is 4.50. The molecule has 0 aliphatic carbocycles. The van der Waals surface area contributed by atoms with Gasteiger partial charge in [-0.2, -0.15) is 0 Å². The zero-order chi connectivity index (χ0) is 12.8. The van der Waals surface area contributed by atoms with Crippen LogP contribution in [-0.2, 0) is 14.3 Å². The molecule has 1 rings (SSSR count). The van der Waals surface area contributed by atoms with Gasteiger partial charge in [-0.15, -0.1) is 0 Å². The van der Waals surface area contributed by atoms with Gasteiger partial charge in [0.2, 0.25) is 11.8 Å². The second-order valence-corrected chi connectivity index (χ2v) is 4.50. The van der Waals surface area contributed by atoms with Crippen molar-refractivity contribution in [2.45, 2.75) is 25.3 Å². The molecule has 0 radical (unpaired) electrons. The Morgan fingerprint density at radius 3 is 2.47 bits per heavy atom. The molecule has 1 fully saturated rings. The summed E-state index contributed by atoms with van der Waals surface area (Å²) >= 11 is 0. The maximum Gasteiger partial charge on any atom is 0.240 e. The molecule has 1 aliphatic rings. The number of rotatable bonds is 5. The summed E-state index contributed by atoms with van der Waals surface area (Å²) in [5.41, 5.74) is 10.6. The Kier molecular flexibility index (Phi) is 5.37. The fraction of sp³-hybridized carbons (Fsp3) is 0.818. The Labute approximate surface area is 101 Å². The van der Waals surface area contributed by atoms with E-state index in [1.807, 2.05) is 0 Å². The first-order valence-electron chi connectivity index (χ1n) is 5.86. The Balaban J connectivity index is 2.37. The Morgan fingerprint density at radius 1 is 1.41 bits per heavy atom. The average Bonchev–Trinajstić information content (AvgIpc) is 2.28. The molecule has 4 N–H and O–H groups in total. The summed E-state index contributed by atoms with van der Waals surface area (Å²) in [4.78, 5) is 24.3. The summed E-state index contributed by atoms with van der Waals surface area (Å²) in [6.07, 6.45) is 1.75. The number of nitrogens with zero attached hydrogens (tertiary/aromatic N) is 1. The molecule has 6 heteroatoms. The number of hydrogen-bond donors (Lipinski definition) is 2. The third kappa shape index (κ3) is 4.32. The molecular formula is C11H21N3O3. The fourth-order valence-electron chi connectivity index (χ4n) is 2.09. The number of methoxy groups -OCH3 is 1. The number of ether oxygens (including phenoxy) is 1. The molecule has 0 bridgehead atoms. The van der Waals surface area contributed by atoms with Crippen molar-refractivity contribution in [3.63, 3.8) is 0 Å². The number of nitrogens with two attached hydrogens (primary N) is 2. The molecule has 1 aliphatic heterocycles. The van der Waals surface area contributed by atoms with E-state index in [2.05, 4.69) is 0 Å². The third-order valence-electron chi connectivity index (χ3n) is 3.07. The third-order valence-corrected chi connectivity index (χ3v) is 3.07. The lowest BCUT2D eigenvalue weighted by Gasteiger charge is -2.33. The highest BCUT2D eigenvalue weighted by atomic mass is 16.5. The van der Waals surface area contributed by atoms with Gasteiger partial charge >= 0.3 is 0 Å². The van der Waals surface area contributed by atoms with Crippen LogP contribution >= 0.6 is 0 Å². The highest BCUT2D eigenvalue weighted by Gasteiger charge is 2.26. The number of amides is 2. The van der Waals surface area contributed by atoms with E-state index in [9.17, 15) is 9.59 Å². The minimum Gasteiger partial charge on any atom is -0.384 e. The number of carbonyl (C=O) groups excluding carboxylic acids is 2. The summed E-state index contributed by atoms with van der Waals surface area (Å²) in [5.74, 6) is -0.212. The molecule has 1 heterocycles. The minimum atomic E-state index is -0.800. The van der Waals surface area contributed by atoms with Gasteiger partial charge in [-0.25, -0.2) is 0 Å². The molecular weight excluding hydrogens is 222 g/mol. The van der Waals surface area contributed by atoms with E-state index >= 15 is 0 Å². The van der Waals surface area contributed by atoms with Gasteiger partial charge < -0.3 is 21.1 Å². The lowest BCUT2D eigenvalue weighted by atomic mass is 9.97. The van der Waals surface area contributed by atoms with E-state index in [4.69, 9.17) is 16.2 Å². The quantitative estimate of drug-likeness (QED) is 0.652. The molecule has 6 nitrogen and oxygen atoms in total. The van der Waals surface area contributed by atoms with Crippen molar-refractivity contribution in [3.8, 4) is 0 Å². The lowest BCUT2D eigenvalue weighted by Crippen LogP contribution is -2.48. The van der Waals surface area contributed by atoms with Crippen molar-refractivity contribution in [1.29, 1.82) is 0 Å². The molecule has 0 saturated carbocycles. The molecule has 17 heavy (non-hydrogen) atoms. The number of hydrogen-bond acceptors (Lipinski definition) is 4. The molecule has 1 unspecified atom stereocenters. The molecule has 1 atom stereocenters. The Bertz CT molecular complexity index is 275. The second kappa shape index (κ2) is 6.56. The smallest absolute Gasteiger partial charge is 0.240 e. The minimum absolute atomic E-state index is 0.0865.